The van der Waals surface area contributed by atoms with E-state index in [1.54, 1.807) is 88.5 Å². The number of halogens is 4. The Balaban J connectivity index is 0.000000108. The van der Waals surface area contributed by atoms with Crippen LogP contribution in [0.2, 0.25) is 0 Å². The molecule has 0 saturated carbocycles. The topological polar surface area (TPSA) is 193 Å². The molecule has 8 fully saturated rings. The predicted octanol–water partition coefficient (Wildman–Crippen LogP) is 15.9. The molecule has 4 aromatic heterocycles. The third kappa shape index (κ3) is 16.9. The molecule has 135 heavy (non-hydrogen) atoms. The van der Waals surface area contributed by atoms with Gasteiger partial charge in [-0.05, 0) is 201 Å². The number of nitrogens with zero attached hydrogens (tertiary/aromatic N) is 16. The molecular formula is C107H114F4N16O7S. The van der Waals surface area contributed by atoms with E-state index < -0.39 is 21.7 Å². The molecule has 0 radical (unpaired) electrons. The van der Waals surface area contributed by atoms with Crippen molar-refractivity contribution in [2.45, 2.75) is 143 Å². The quantitative estimate of drug-likeness (QED) is 0.0829. The number of likely N-dealkylation sites (tertiary alicyclic amines) is 4. The molecule has 6 unspecified atom stereocenters. The fourth-order valence-electron chi connectivity index (χ4n) is 23.5. The molecule has 12 aliphatic heterocycles. The lowest BCUT2D eigenvalue weighted by molar-refractivity contribution is -0.123. The third-order valence-corrected chi connectivity index (χ3v) is 31.9. The van der Waals surface area contributed by atoms with Crippen molar-refractivity contribution in [3.63, 3.8) is 0 Å². The molecule has 4 spiro atoms. The van der Waals surface area contributed by atoms with Gasteiger partial charge in [0.05, 0.1) is 85.8 Å². The third-order valence-electron chi connectivity index (χ3n) is 30.8. The maximum Gasteiger partial charge on any atom is 0.239 e. The Hall–Kier alpha value is -11.7. The van der Waals surface area contributed by atoms with Gasteiger partial charge in [0.1, 0.15) is 23.3 Å². The number of ether oxygens (including phenoxy) is 3. The van der Waals surface area contributed by atoms with E-state index in [-0.39, 0.29) is 73.1 Å². The van der Waals surface area contributed by atoms with Crippen molar-refractivity contribution in [3.8, 4) is 44.5 Å². The fourth-order valence-corrected chi connectivity index (χ4v) is 24.6. The van der Waals surface area contributed by atoms with Crippen LogP contribution in [-0.4, -0.2) is 210 Å². The number of carbonyl (C=O) groups is 4. The summed E-state index contributed by atoms with van der Waals surface area (Å²) in [6.07, 6.45) is 25.2. The SMILES string of the molecule is Cn1cc(-c2ccc(CN3C(=O)C4(CCN(C5CCCOC5)C4)c4ccccc43)c(F)c2)cn1.Cn1cc(-c2ccc(CN3C(=O)C4(CCN(C5CCOC5)C4)c4ccccc43)c(F)c2)cn1.Cn1cc(-c2ccc(CN3C(=O)C4(CCN(C5CCOCC5)C4)c4ccccc43)c(F)c2)cn1.Cn1cc(-c2ccc(CN3C(=O)C4(CCN(C5CCSCC5)C4)c4ccccc43)c(F)c2)cn1. The first-order chi connectivity index (χ1) is 65.7. The summed E-state index contributed by atoms with van der Waals surface area (Å²) >= 11 is 2.03. The Kier molecular flexibility index (Phi) is 24.9. The molecular weight excluding hydrogens is 1730 g/mol. The second-order valence-corrected chi connectivity index (χ2v) is 40.0. The Bertz CT molecular complexity index is 6000. The average molecular weight is 1840 g/mol. The van der Waals surface area contributed by atoms with Crippen molar-refractivity contribution in [3.05, 3.63) is 287 Å². The molecule has 12 aromatic rings. The molecule has 23 nitrogen and oxygen atoms in total. The van der Waals surface area contributed by atoms with Crippen molar-refractivity contribution in [2.75, 3.05) is 123 Å². The number of benzene rings is 8. The minimum absolute atomic E-state index is 0.0841. The minimum atomic E-state index is -0.555. The molecule has 24 rings (SSSR count). The average Bonchev–Trinajstić information content (AvgIpc) is 1.57. The van der Waals surface area contributed by atoms with Crippen LogP contribution in [0.15, 0.2) is 219 Å². The number of aryl methyl sites for hydroxylation is 4. The first kappa shape index (κ1) is 89.8. The van der Waals surface area contributed by atoms with Crippen LogP contribution in [0, 0.1) is 23.3 Å². The molecule has 16 heterocycles. The Morgan fingerprint density at radius 2 is 0.600 bits per heavy atom. The summed E-state index contributed by atoms with van der Waals surface area (Å²) in [5, 5.41) is 16.7. The van der Waals surface area contributed by atoms with Gasteiger partial charge in [-0.1, -0.05) is 121 Å². The van der Waals surface area contributed by atoms with E-state index in [2.05, 4.69) is 64.3 Å². The van der Waals surface area contributed by atoms with Crippen LogP contribution in [0.3, 0.4) is 0 Å². The van der Waals surface area contributed by atoms with Crippen LogP contribution in [0.25, 0.3) is 44.5 Å². The zero-order valence-corrected chi connectivity index (χ0v) is 77.8. The van der Waals surface area contributed by atoms with E-state index in [0.29, 0.717) is 59.5 Å². The Labute approximate surface area is 788 Å². The number of amides is 4. The Morgan fingerprint density at radius 1 is 0.326 bits per heavy atom. The summed E-state index contributed by atoms with van der Waals surface area (Å²) in [5.41, 5.74) is 14.5. The van der Waals surface area contributed by atoms with Crippen molar-refractivity contribution in [2.24, 2.45) is 28.2 Å². The highest BCUT2D eigenvalue weighted by Gasteiger charge is 2.60. The van der Waals surface area contributed by atoms with Gasteiger partial charge in [0.2, 0.25) is 23.6 Å². The number of hydrogen-bond acceptors (Lipinski definition) is 16. The highest BCUT2D eigenvalue weighted by molar-refractivity contribution is 7.99. The molecule has 0 bridgehead atoms. The zero-order valence-electron chi connectivity index (χ0n) is 76.9. The largest absolute Gasteiger partial charge is 0.381 e. The molecule has 0 N–H and O–H groups in total. The molecule has 698 valence electrons. The van der Waals surface area contributed by atoms with E-state index in [1.807, 2.05) is 167 Å². The van der Waals surface area contributed by atoms with E-state index in [9.17, 15) is 19.2 Å². The molecule has 8 aromatic carbocycles. The van der Waals surface area contributed by atoms with E-state index in [1.165, 1.54) is 42.5 Å². The van der Waals surface area contributed by atoms with Crippen molar-refractivity contribution in [1.82, 2.24) is 58.7 Å². The van der Waals surface area contributed by atoms with E-state index in [4.69, 9.17) is 14.2 Å². The number of rotatable bonds is 16. The van der Waals surface area contributed by atoms with Gasteiger partial charge < -0.3 is 33.8 Å². The normalized spacial score (nSPS) is 24.0. The van der Waals surface area contributed by atoms with Crippen molar-refractivity contribution >= 4 is 58.1 Å². The number of carbonyl (C=O) groups excluding carboxylic acids is 4. The number of anilines is 4. The van der Waals surface area contributed by atoms with Crippen LogP contribution in [-0.2, 0) is 109 Å². The van der Waals surface area contributed by atoms with Crippen LogP contribution in [0.5, 0.6) is 0 Å². The van der Waals surface area contributed by atoms with Gasteiger partial charge in [-0.2, -0.15) is 32.2 Å². The van der Waals surface area contributed by atoms with Crippen LogP contribution in [0.4, 0.5) is 40.3 Å². The number of aromatic nitrogens is 8. The minimum Gasteiger partial charge on any atom is -0.381 e. The smallest absolute Gasteiger partial charge is 0.239 e. The molecule has 8 saturated heterocycles. The zero-order chi connectivity index (χ0) is 92.4. The van der Waals surface area contributed by atoms with E-state index in [0.717, 1.165) is 226 Å². The summed E-state index contributed by atoms with van der Waals surface area (Å²) in [5.74, 6) is 1.60. The molecule has 4 amide bonds. The summed E-state index contributed by atoms with van der Waals surface area (Å²) in [7, 11) is 7.36. The van der Waals surface area contributed by atoms with Gasteiger partial charge in [-0.15, -0.1) is 0 Å². The van der Waals surface area contributed by atoms with Crippen LogP contribution >= 0.6 is 11.8 Å². The monoisotopic (exact) mass is 1840 g/mol. The lowest BCUT2D eigenvalue weighted by atomic mass is 9.81. The maximum absolute atomic E-state index is 15.2. The molecule has 6 atom stereocenters. The predicted molar refractivity (Wildman–Crippen MR) is 514 cm³/mol. The number of thioether (sulfide) groups is 1. The van der Waals surface area contributed by atoms with Crippen molar-refractivity contribution in [1.29, 1.82) is 0 Å². The molecule has 12 aliphatic rings. The molecule has 28 heteroatoms. The highest BCUT2D eigenvalue weighted by atomic mass is 32.2. The van der Waals surface area contributed by atoms with Gasteiger partial charge in [-0.3, -0.25) is 57.5 Å². The fraction of sp³-hybridized carbons (Fsp3) is 0.402. The summed E-state index contributed by atoms with van der Waals surface area (Å²) in [6, 6.07) is 55.0. The molecule has 0 aliphatic carbocycles. The second-order valence-electron chi connectivity index (χ2n) is 38.8. The second kappa shape index (κ2) is 37.4. The van der Waals surface area contributed by atoms with Crippen LogP contribution < -0.4 is 19.6 Å². The standard InChI is InChI=1S/2C27H29FN4O2.C27H29FN4OS.C26H27FN4O2/c1-30-15-21(14-29-30)19-8-9-20(24(28)13-19)16-32-25-7-3-2-6-23(25)27(26(32)33)10-11-31(18-27)22-5-4-12-34-17-22;2*1-30-16-21(15-29-30)19-6-7-20(24(28)14-19)17-32-25-5-3-2-4-23(25)27(26(32)33)10-11-31(18-27)22-8-12-34-13-9-22;1-29-14-20(13-28-29)18-6-7-19(23(27)12-18)15-31-24-5-3-2-4-22(24)26(25(31)32)9-10-30(17-26)21-8-11-33-16-21/h2-3,6-9,13-15,22H,4-5,10-12,16-18H2,1H3;2*2-7,14-16,22H,8-13,17-18H2,1H3;2-7,12-14,21H,8-11,15-17H2,1H3. The van der Waals surface area contributed by atoms with Gasteiger partial charge in [0, 0.05) is 197 Å². The van der Waals surface area contributed by atoms with E-state index >= 15 is 17.6 Å². The maximum atomic E-state index is 15.2. The van der Waals surface area contributed by atoms with Gasteiger partial charge in [0.15, 0.2) is 0 Å². The summed E-state index contributed by atoms with van der Waals surface area (Å²) in [4.78, 5) is 72.8. The number of hydrogen-bond donors (Lipinski definition) is 0. The first-order valence-corrected chi connectivity index (χ1v) is 48.9. The van der Waals surface area contributed by atoms with Crippen LogP contribution in [0.1, 0.15) is 115 Å². The summed E-state index contributed by atoms with van der Waals surface area (Å²) < 4.78 is 84.4. The highest BCUT2D eigenvalue weighted by Crippen LogP contribution is 2.54. The summed E-state index contributed by atoms with van der Waals surface area (Å²) in [6.45, 7) is 12.2. The van der Waals surface area contributed by atoms with Crippen molar-refractivity contribution < 1.29 is 51.0 Å². The number of fused-ring (bicyclic) bond motifs is 8. The Morgan fingerprint density at radius 3 is 0.881 bits per heavy atom. The number of para-hydroxylation sites is 4. The lowest BCUT2D eigenvalue weighted by Crippen LogP contribution is -2.45. The first-order valence-electron chi connectivity index (χ1n) is 47.7. The van der Waals surface area contributed by atoms with Gasteiger partial charge in [0.25, 0.3) is 0 Å². The van der Waals surface area contributed by atoms with Gasteiger partial charge >= 0.3 is 0 Å². The lowest BCUT2D eigenvalue weighted by Gasteiger charge is -2.32. The van der Waals surface area contributed by atoms with Gasteiger partial charge in [-0.25, -0.2) is 17.6 Å².